The Labute approximate surface area is 245 Å². The first kappa shape index (κ1) is 37.4. The fraction of sp³-hybridized carbons (Fsp3) is 0.611. The maximum absolute atomic E-state index is 11.9. The third-order valence-corrected chi connectivity index (χ3v) is 7.12. The predicted molar refractivity (Wildman–Crippen MR) is 169 cm³/mol. The van der Waals surface area contributed by atoms with Gasteiger partial charge in [-0.15, -0.1) is 0 Å². The minimum atomic E-state index is 0.393. The molecule has 40 heavy (non-hydrogen) atoms. The molecule has 0 rings (SSSR count). The van der Waals surface area contributed by atoms with Crippen molar-refractivity contribution in [3.8, 4) is 0 Å². The molecule has 0 amide bonds. The van der Waals surface area contributed by atoms with Crippen molar-refractivity contribution in [1.29, 1.82) is 0 Å². The van der Waals surface area contributed by atoms with E-state index in [9.17, 15) is 19.2 Å². The van der Waals surface area contributed by atoms with Crippen LogP contribution in [0.2, 0.25) is 0 Å². The van der Waals surface area contributed by atoms with Crippen molar-refractivity contribution in [2.45, 2.75) is 135 Å². The number of carbonyl (C=O) groups is 4. The van der Waals surface area contributed by atoms with Crippen molar-refractivity contribution >= 4 is 25.1 Å². The molecule has 1 atom stereocenters. The molecule has 1 unspecified atom stereocenters. The molecule has 0 N–H and O–H groups in total. The minimum absolute atomic E-state index is 0.393. The van der Waals surface area contributed by atoms with E-state index in [1.165, 1.54) is 50.2 Å². The van der Waals surface area contributed by atoms with Crippen LogP contribution in [0.3, 0.4) is 0 Å². The molecule has 0 saturated heterocycles. The van der Waals surface area contributed by atoms with Gasteiger partial charge in [-0.3, -0.25) is 14.4 Å². The van der Waals surface area contributed by atoms with Crippen LogP contribution in [0.15, 0.2) is 59.8 Å². The molecule has 0 aliphatic carbocycles. The van der Waals surface area contributed by atoms with E-state index >= 15 is 0 Å². The highest BCUT2D eigenvalue weighted by Crippen LogP contribution is 2.26. The number of aldehydes is 4. The molecule has 0 heterocycles. The average Bonchev–Trinajstić information content (AvgIpc) is 2.96. The summed E-state index contributed by atoms with van der Waals surface area (Å²) in [6.45, 7) is 2.21. The summed E-state index contributed by atoms with van der Waals surface area (Å²) in [6, 6.07) is 0. The van der Waals surface area contributed by atoms with E-state index in [2.05, 4.69) is 25.2 Å². The SMILES string of the molecule is CCC=C(CCCCCCCCC=O)CC(C=C(C=O)CCCCC=CC=CC=O)CCCCCCC=CC=O. The molecule has 0 aliphatic heterocycles. The molecule has 0 aromatic carbocycles. The summed E-state index contributed by atoms with van der Waals surface area (Å²) in [4.78, 5) is 43.1. The first-order valence-electron chi connectivity index (χ1n) is 15.9. The van der Waals surface area contributed by atoms with Crippen molar-refractivity contribution in [2.75, 3.05) is 0 Å². The lowest BCUT2D eigenvalue weighted by Gasteiger charge is -2.17. The Hall–Kier alpha value is -2.62. The van der Waals surface area contributed by atoms with Gasteiger partial charge in [-0.1, -0.05) is 93.9 Å². The van der Waals surface area contributed by atoms with Crippen LogP contribution >= 0.6 is 0 Å². The van der Waals surface area contributed by atoms with Gasteiger partial charge in [-0.2, -0.15) is 0 Å². The van der Waals surface area contributed by atoms with E-state index in [0.29, 0.717) is 12.3 Å². The Bertz CT molecular complexity index is 785. The molecule has 0 aromatic rings. The Morgan fingerprint density at radius 2 is 1.20 bits per heavy atom. The van der Waals surface area contributed by atoms with Gasteiger partial charge in [0.25, 0.3) is 0 Å². The maximum atomic E-state index is 11.9. The summed E-state index contributed by atoms with van der Waals surface area (Å²) in [6.07, 6.45) is 40.5. The highest BCUT2D eigenvalue weighted by atomic mass is 16.1. The second-order valence-corrected chi connectivity index (χ2v) is 10.7. The Balaban J connectivity index is 4.93. The van der Waals surface area contributed by atoms with Gasteiger partial charge in [0.1, 0.15) is 25.1 Å². The number of rotatable bonds is 29. The summed E-state index contributed by atoms with van der Waals surface area (Å²) < 4.78 is 0. The van der Waals surface area contributed by atoms with Crippen LogP contribution in [0, 0.1) is 5.92 Å². The Kier molecular flexibility index (Phi) is 28.9. The van der Waals surface area contributed by atoms with Gasteiger partial charge in [0.05, 0.1) is 0 Å². The second-order valence-electron chi connectivity index (χ2n) is 10.7. The van der Waals surface area contributed by atoms with Crippen LogP contribution in [0.25, 0.3) is 0 Å². The largest absolute Gasteiger partial charge is 0.303 e. The van der Waals surface area contributed by atoms with E-state index in [4.69, 9.17) is 0 Å². The fourth-order valence-corrected chi connectivity index (χ4v) is 4.98. The number of hydrogen-bond donors (Lipinski definition) is 0. The van der Waals surface area contributed by atoms with Crippen LogP contribution in [0.5, 0.6) is 0 Å². The maximum Gasteiger partial charge on any atom is 0.145 e. The van der Waals surface area contributed by atoms with Crippen molar-refractivity contribution in [2.24, 2.45) is 5.92 Å². The lowest BCUT2D eigenvalue weighted by atomic mass is 9.88. The highest BCUT2D eigenvalue weighted by molar-refractivity contribution is 5.73. The molecule has 0 spiro atoms. The molecule has 0 bridgehead atoms. The van der Waals surface area contributed by atoms with E-state index in [1.807, 2.05) is 12.2 Å². The van der Waals surface area contributed by atoms with Crippen LogP contribution in [-0.4, -0.2) is 25.1 Å². The number of unbranched alkanes of at least 4 members (excludes halogenated alkanes) is 12. The first-order chi connectivity index (χ1) is 19.7. The van der Waals surface area contributed by atoms with Crippen LogP contribution in [-0.2, 0) is 19.2 Å². The van der Waals surface area contributed by atoms with Gasteiger partial charge < -0.3 is 4.79 Å². The molecule has 0 aromatic heterocycles. The summed E-state index contributed by atoms with van der Waals surface area (Å²) in [7, 11) is 0. The third-order valence-electron chi connectivity index (χ3n) is 7.12. The topological polar surface area (TPSA) is 68.3 Å². The zero-order valence-electron chi connectivity index (χ0n) is 25.3. The monoisotopic (exact) mass is 552 g/mol. The summed E-state index contributed by atoms with van der Waals surface area (Å²) in [5, 5.41) is 0. The van der Waals surface area contributed by atoms with Gasteiger partial charge in [-0.25, -0.2) is 0 Å². The van der Waals surface area contributed by atoms with Gasteiger partial charge in [0.2, 0.25) is 0 Å². The number of allylic oxidation sites excluding steroid dienone is 10. The third kappa shape index (κ3) is 25.6. The number of hydrogen-bond acceptors (Lipinski definition) is 4. The quantitative estimate of drug-likeness (QED) is 0.0304. The van der Waals surface area contributed by atoms with Crippen molar-refractivity contribution < 1.29 is 19.2 Å². The van der Waals surface area contributed by atoms with E-state index in [0.717, 1.165) is 114 Å². The molecule has 0 saturated carbocycles. The van der Waals surface area contributed by atoms with Gasteiger partial charge in [0.15, 0.2) is 0 Å². The van der Waals surface area contributed by atoms with Crippen molar-refractivity contribution in [1.82, 2.24) is 0 Å². The molecule has 4 nitrogen and oxygen atoms in total. The molecule has 0 aliphatic rings. The molecular weight excluding hydrogens is 496 g/mol. The van der Waals surface area contributed by atoms with Gasteiger partial charge in [0, 0.05) is 6.42 Å². The predicted octanol–water partition coefficient (Wildman–Crippen LogP) is 9.74. The average molecular weight is 553 g/mol. The number of carbonyl (C=O) groups excluding carboxylic acids is 4. The summed E-state index contributed by atoms with van der Waals surface area (Å²) in [5.74, 6) is 0.393. The highest BCUT2D eigenvalue weighted by Gasteiger charge is 2.11. The smallest absolute Gasteiger partial charge is 0.145 e. The van der Waals surface area contributed by atoms with Gasteiger partial charge in [-0.05, 0) is 101 Å². The Morgan fingerprint density at radius 3 is 1.88 bits per heavy atom. The molecule has 224 valence electrons. The first-order valence-corrected chi connectivity index (χ1v) is 15.9. The standard InChI is InChI=1S/C36H56O4/c1-2-24-34(25-18-12-6-3-9-15-21-28-37)31-35(26-19-13-7-4-10-16-22-29-38)32-36(33-40)27-20-14-8-5-11-17-23-30-39/h5,11,16-17,22-24,28-30,32-33,35H,2-4,6-10,12-15,18-21,25-27,31H2,1H3. The fourth-order valence-electron chi connectivity index (χ4n) is 4.98. The normalized spacial score (nSPS) is 13.4. The molecule has 0 radical (unpaired) electrons. The van der Waals surface area contributed by atoms with E-state index in [-0.39, 0.29) is 0 Å². The minimum Gasteiger partial charge on any atom is -0.303 e. The molecular formula is C36H56O4. The van der Waals surface area contributed by atoms with Crippen molar-refractivity contribution in [3.05, 3.63) is 59.8 Å². The lowest BCUT2D eigenvalue weighted by Crippen LogP contribution is -2.03. The van der Waals surface area contributed by atoms with Crippen molar-refractivity contribution in [3.63, 3.8) is 0 Å². The zero-order valence-corrected chi connectivity index (χ0v) is 25.3. The van der Waals surface area contributed by atoms with Crippen LogP contribution in [0.4, 0.5) is 0 Å². The van der Waals surface area contributed by atoms with Crippen LogP contribution < -0.4 is 0 Å². The van der Waals surface area contributed by atoms with Crippen LogP contribution in [0.1, 0.15) is 135 Å². The lowest BCUT2D eigenvalue weighted by molar-refractivity contribution is -0.108. The van der Waals surface area contributed by atoms with E-state index < -0.39 is 0 Å². The molecule has 0 fully saturated rings. The summed E-state index contributed by atoms with van der Waals surface area (Å²) >= 11 is 0. The molecule has 4 heteroatoms. The zero-order chi connectivity index (χ0) is 29.4. The van der Waals surface area contributed by atoms with E-state index in [1.54, 1.807) is 12.2 Å². The van der Waals surface area contributed by atoms with Gasteiger partial charge >= 0.3 is 0 Å². The summed E-state index contributed by atoms with van der Waals surface area (Å²) in [5.41, 5.74) is 2.46. The second kappa shape index (κ2) is 30.9. The Morgan fingerprint density at radius 1 is 0.600 bits per heavy atom.